The first-order valence-corrected chi connectivity index (χ1v) is 6.65. The minimum absolute atomic E-state index is 0.0924. The monoisotopic (exact) mass is 282 g/mol. The molecular formula is C10H10N4O4S. The molecule has 100 valence electrons. The highest BCUT2D eigenvalue weighted by atomic mass is 32.2. The highest BCUT2D eigenvalue weighted by Gasteiger charge is 2.21. The second kappa shape index (κ2) is 4.69. The molecule has 0 atom stereocenters. The Labute approximate surface area is 108 Å². The van der Waals surface area contributed by atoms with Gasteiger partial charge in [0.15, 0.2) is 5.03 Å². The SMILES string of the molecule is Cc1ccc(NS(=O)(=O)c2cnc[nH]2)c([N+](=O)[O-])c1. The molecule has 0 amide bonds. The van der Waals surface area contributed by atoms with Crippen LogP contribution in [-0.2, 0) is 10.0 Å². The molecule has 0 radical (unpaired) electrons. The number of aryl methyl sites for hydroxylation is 1. The van der Waals surface area contributed by atoms with E-state index in [9.17, 15) is 18.5 Å². The molecule has 0 saturated carbocycles. The number of hydrogen-bond acceptors (Lipinski definition) is 5. The smallest absolute Gasteiger partial charge is 0.293 e. The fourth-order valence-corrected chi connectivity index (χ4v) is 2.45. The molecule has 1 aromatic heterocycles. The molecule has 1 aromatic carbocycles. The van der Waals surface area contributed by atoms with Gasteiger partial charge in [-0.15, -0.1) is 0 Å². The summed E-state index contributed by atoms with van der Waals surface area (Å²) in [6, 6.07) is 4.23. The number of H-pyrrole nitrogens is 1. The van der Waals surface area contributed by atoms with E-state index in [-0.39, 0.29) is 16.4 Å². The highest BCUT2D eigenvalue weighted by Crippen LogP contribution is 2.27. The second-order valence-corrected chi connectivity index (χ2v) is 5.45. The third-order valence-electron chi connectivity index (χ3n) is 2.36. The first kappa shape index (κ1) is 13.0. The number of aromatic amines is 1. The molecule has 0 aliphatic rings. The topological polar surface area (TPSA) is 118 Å². The number of nitro groups is 1. The van der Waals surface area contributed by atoms with Crippen LogP contribution in [0.2, 0.25) is 0 Å². The largest absolute Gasteiger partial charge is 0.334 e. The van der Waals surface area contributed by atoms with Gasteiger partial charge >= 0.3 is 0 Å². The van der Waals surface area contributed by atoms with E-state index in [0.717, 1.165) is 6.20 Å². The van der Waals surface area contributed by atoms with Gasteiger partial charge in [-0.25, -0.2) is 4.98 Å². The van der Waals surface area contributed by atoms with E-state index in [4.69, 9.17) is 0 Å². The van der Waals surface area contributed by atoms with E-state index < -0.39 is 14.9 Å². The quantitative estimate of drug-likeness (QED) is 0.649. The van der Waals surface area contributed by atoms with Crippen molar-refractivity contribution in [1.29, 1.82) is 0 Å². The van der Waals surface area contributed by atoms with Crippen LogP contribution in [0.5, 0.6) is 0 Å². The summed E-state index contributed by atoms with van der Waals surface area (Å²) < 4.78 is 26.0. The van der Waals surface area contributed by atoms with Crippen molar-refractivity contribution in [3.63, 3.8) is 0 Å². The number of nitro benzene ring substituents is 1. The molecule has 2 aromatic rings. The van der Waals surface area contributed by atoms with E-state index in [1.807, 2.05) is 0 Å². The number of imidazole rings is 1. The van der Waals surface area contributed by atoms with Crippen LogP contribution in [0.4, 0.5) is 11.4 Å². The van der Waals surface area contributed by atoms with Crippen LogP contribution in [0.1, 0.15) is 5.56 Å². The van der Waals surface area contributed by atoms with Crippen molar-refractivity contribution in [2.24, 2.45) is 0 Å². The first-order chi connectivity index (χ1) is 8.90. The Morgan fingerprint density at radius 3 is 2.74 bits per heavy atom. The van der Waals surface area contributed by atoms with Crippen molar-refractivity contribution in [3.05, 3.63) is 46.4 Å². The van der Waals surface area contributed by atoms with E-state index in [1.54, 1.807) is 13.0 Å². The number of sulfonamides is 1. The maximum atomic E-state index is 11.9. The molecule has 8 nitrogen and oxygen atoms in total. The van der Waals surface area contributed by atoms with E-state index in [2.05, 4.69) is 14.7 Å². The van der Waals surface area contributed by atoms with Crippen LogP contribution < -0.4 is 4.72 Å². The van der Waals surface area contributed by atoms with Crippen molar-refractivity contribution >= 4 is 21.4 Å². The Morgan fingerprint density at radius 1 is 1.42 bits per heavy atom. The number of aromatic nitrogens is 2. The number of nitrogens with zero attached hydrogens (tertiary/aromatic N) is 2. The number of nitrogens with one attached hydrogen (secondary N) is 2. The molecule has 1 heterocycles. The van der Waals surface area contributed by atoms with Crippen molar-refractivity contribution in [3.8, 4) is 0 Å². The van der Waals surface area contributed by atoms with Crippen molar-refractivity contribution < 1.29 is 13.3 Å². The van der Waals surface area contributed by atoms with Crippen molar-refractivity contribution in [2.75, 3.05) is 4.72 Å². The lowest BCUT2D eigenvalue weighted by Gasteiger charge is -2.07. The Bertz CT molecular complexity index is 709. The van der Waals surface area contributed by atoms with Gasteiger partial charge in [0.2, 0.25) is 0 Å². The average Bonchev–Trinajstić information content (AvgIpc) is 2.85. The number of rotatable bonds is 4. The van der Waals surface area contributed by atoms with Crippen LogP contribution >= 0.6 is 0 Å². The minimum Gasteiger partial charge on any atom is -0.334 e. The summed E-state index contributed by atoms with van der Waals surface area (Å²) in [5.41, 5.74) is 0.268. The Morgan fingerprint density at radius 2 is 2.16 bits per heavy atom. The summed E-state index contributed by atoms with van der Waals surface area (Å²) in [7, 11) is -3.91. The number of hydrogen-bond donors (Lipinski definition) is 2. The summed E-state index contributed by atoms with van der Waals surface area (Å²) in [5.74, 6) is 0. The normalized spacial score (nSPS) is 11.2. The third kappa shape index (κ3) is 2.71. The van der Waals surface area contributed by atoms with Crippen molar-refractivity contribution in [1.82, 2.24) is 9.97 Å². The molecule has 0 spiro atoms. The lowest BCUT2D eigenvalue weighted by atomic mass is 10.2. The molecule has 0 fully saturated rings. The zero-order valence-corrected chi connectivity index (χ0v) is 10.6. The van der Waals surface area contributed by atoms with E-state index >= 15 is 0 Å². The van der Waals surface area contributed by atoms with Crippen LogP contribution in [-0.4, -0.2) is 23.3 Å². The molecule has 2 rings (SSSR count). The highest BCUT2D eigenvalue weighted by molar-refractivity contribution is 7.92. The van der Waals surface area contributed by atoms with Crippen LogP contribution in [0.25, 0.3) is 0 Å². The van der Waals surface area contributed by atoms with Gasteiger partial charge in [-0.05, 0) is 18.6 Å². The van der Waals surface area contributed by atoms with Gasteiger partial charge < -0.3 is 4.98 Å². The van der Waals surface area contributed by atoms with Gasteiger partial charge in [-0.1, -0.05) is 6.07 Å². The van der Waals surface area contributed by atoms with E-state index in [0.29, 0.717) is 5.56 Å². The molecule has 19 heavy (non-hydrogen) atoms. The zero-order valence-electron chi connectivity index (χ0n) is 9.82. The maximum absolute atomic E-state index is 11.9. The molecule has 0 saturated heterocycles. The second-order valence-electron chi connectivity index (χ2n) is 3.80. The number of benzene rings is 1. The summed E-state index contributed by atoms with van der Waals surface area (Å²) in [4.78, 5) is 16.3. The van der Waals surface area contributed by atoms with Gasteiger partial charge in [0.1, 0.15) is 5.69 Å². The van der Waals surface area contributed by atoms with Gasteiger partial charge in [-0.3, -0.25) is 14.8 Å². The summed E-state index contributed by atoms with van der Waals surface area (Å²) >= 11 is 0. The Balaban J connectivity index is 2.42. The Hall–Kier alpha value is -2.42. The fourth-order valence-electron chi connectivity index (χ4n) is 1.47. The van der Waals surface area contributed by atoms with Crippen LogP contribution in [0.3, 0.4) is 0 Å². The predicted octanol–water partition coefficient (Wildman–Crippen LogP) is 1.43. The third-order valence-corrected chi connectivity index (χ3v) is 3.65. The molecule has 9 heteroatoms. The first-order valence-electron chi connectivity index (χ1n) is 5.16. The molecule has 0 aliphatic carbocycles. The fraction of sp³-hybridized carbons (Fsp3) is 0.100. The minimum atomic E-state index is -3.91. The zero-order chi connectivity index (χ0) is 14.0. The van der Waals surface area contributed by atoms with Crippen LogP contribution in [0, 0.1) is 17.0 Å². The van der Waals surface area contributed by atoms with Gasteiger partial charge in [0, 0.05) is 6.07 Å². The van der Waals surface area contributed by atoms with Gasteiger partial charge in [-0.2, -0.15) is 8.42 Å². The lowest BCUT2D eigenvalue weighted by molar-refractivity contribution is -0.383. The summed E-state index contributed by atoms with van der Waals surface area (Å²) in [6.45, 7) is 1.68. The molecule has 2 N–H and O–H groups in total. The molecule has 0 unspecified atom stereocenters. The van der Waals surface area contributed by atoms with Gasteiger partial charge in [0.05, 0.1) is 17.4 Å². The van der Waals surface area contributed by atoms with Crippen molar-refractivity contribution in [2.45, 2.75) is 11.9 Å². The predicted molar refractivity (Wildman–Crippen MR) is 67.2 cm³/mol. The molecule has 0 bridgehead atoms. The lowest BCUT2D eigenvalue weighted by Crippen LogP contribution is -2.14. The maximum Gasteiger partial charge on any atom is 0.293 e. The standard InChI is InChI=1S/C10H10N4O4S/c1-7-2-3-8(9(4-7)14(15)16)13-19(17,18)10-5-11-6-12-10/h2-6,13H,1H3,(H,11,12). The summed E-state index contributed by atoms with van der Waals surface area (Å²) in [6.07, 6.45) is 2.32. The molecular weight excluding hydrogens is 272 g/mol. The van der Waals surface area contributed by atoms with Crippen LogP contribution in [0.15, 0.2) is 35.7 Å². The molecule has 0 aliphatic heterocycles. The number of anilines is 1. The van der Waals surface area contributed by atoms with E-state index in [1.165, 1.54) is 18.5 Å². The Kier molecular flexibility index (Phi) is 3.21. The average molecular weight is 282 g/mol. The van der Waals surface area contributed by atoms with Gasteiger partial charge in [0.25, 0.3) is 15.7 Å². The summed E-state index contributed by atoms with van der Waals surface area (Å²) in [5, 5.41) is 10.7.